The molecule has 0 spiro atoms. The van der Waals surface area contributed by atoms with Gasteiger partial charge >= 0.3 is 0 Å². The van der Waals surface area contributed by atoms with E-state index in [0.717, 1.165) is 53.0 Å². The number of likely N-dealkylation sites (tertiary alicyclic amines) is 1. The van der Waals surface area contributed by atoms with Crippen LogP contribution in [0.2, 0.25) is 10.0 Å². The van der Waals surface area contributed by atoms with E-state index in [1.165, 1.54) is 0 Å². The highest BCUT2D eigenvalue weighted by molar-refractivity contribution is 9.10. The van der Waals surface area contributed by atoms with Crippen molar-refractivity contribution in [2.45, 2.75) is 25.1 Å². The van der Waals surface area contributed by atoms with E-state index in [1.54, 1.807) is 11.8 Å². The van der Waals surface area contributed by atoms with Crippen LogP contribution in [0, 0.1) is 5.92 Å². The van der Waals surface area contributed by atoms with E-state index in [4.69, 9.17) is 27.7 Å². The predicted octanol–water partition coefficient (Wildman–Crippen LogP) is 6.07. The molecule has 0 atom stereocenters. The Morgan fingerprint density at radius 2 is 1.85 bits per heavy atom. The molecular formula is C24H25BrCl2N4O2S. The van der Waals surface area contributed by atoms with E-state index in [9.17, 15) is 4.79 Å². The Morgan fingerprint density at radius 3 is 2.56 bits per heavy atom. The van der Waals surface area contributed by atoms with Gasteiger partial charge in [0.1, 0.15) is 0 Å². The molecule has 10 heteroatoms. The number of nitrogens with zero attached hydrogens (tertiary/aromatic N) is 3. The maximum atomic E-state index is 12.6. The Kier molecular flexibility index (Phi) is 9.31. The molecule has 180 valence electrons. The first-order chi connectivity index (χ1) is 16.5. The van der Waals surface area contributed by atoms with Crippen molar-refractivity contribution >= 4 is 56.8 Å². The molecule has 0 bridgehead atoms. The summed E-state index contributed by atoms with van der Waals surface area (Å²) in [4.78, 5) is 19.3. The van der Waals surface area contributed by atoms with Crippen LogP contribution in [0.25, 0.3) is 11.4 Å². The summed E-state index contributed by atoms with van der Waals surface area (Å²) in [5.41, 5.74) is 1.86. The average molecular weight is 584 g/mol. The molecule has 0 aliphatic carbocycles. The summed E-state index contributed by atoms with van der Waals surface area (Å²) < 4.78 is 6.44. The van der Waals surface area contributed by atoms with Crippen molar-refractivity contribution in [2.75, 3.05) is 25.4 Å². The molecule has 0 saturated carbocycles. The fourth-order valence-corrected chi connectivity index (χ4v) is 5.67. The van der Waals surface area contributed by atoms with E-state index >= 15 is 0 Å². The SMILES string of the molecule is O=C(NCCSCc1c(Cl)cccc1Cl)C1CCN(Cc2nc(-c3ccc(Br)cc3)no2)CC1. The molecule has 0 radical (unpaired) electrons. The number of amides is 1. The number of benzene rings is 2. The fourth-order valence-electron chi connectivity index (χ4n) is 3.82. The van der Waals surface area contributed by atoms with Gasteiger partial charge in [0.25, 0.3) is 0 Å². The van der Waals surface area contributed by atoms with E-state index < -0.39 is 0 Å². The highest BCUT2D eigenvalue weighted by Gasteiger charge is 2.25. The zero-order valence-electron chi connectivity index (χ0n) is 18.5. The number of carbonyl (C=O) groups excluding carboxylic acids is 1. The first-order valence-corrected chi connectivity index (χ1v) is 13.8. The quantitative estimate of drug-likeness (QED) is 0.308. The molecular weight excluding hydrogens is 559 g/mol. The van der Waals surface area contributed by atoms with Crippen LogP contribution >= 0.6 is 50.9 Å². The van der Waals surface area contributed by atoms with E-state index in [0.29, 0.717) is 34.8 Å². The summed E-state index contributed by atoms with van der Waals surface area (Å²) >= 11 is 17.5. The second kappa shape index (κ2) is 12.4. The topological polar surface area (TPSA) is 71.3 Å². The number of piperidine rings is 1. The highest BCUT2D eigenvalue weighted by atomic mass is 79.9. The third-order valence-corrected chi connectivity index (χ3v) is 7.96. The van der Waals surface area contributed by atoms with Gasteiger partial charge < -0.3 is 9.84 Å². The summed E-state index contributed by atoms with van der Waals surface area (Å²) in [7, 11) is 0. The third-order valence-electron chi connectivity index (χ3n) is 5.74. The zero-order valence-corrected chi connectivity index (χ0v) is 22.4. The van der Waals surface area contributed by atoms with Crippen LogP contribution in [-0.4, -0.2) is 46.3 Å². The first kappa shape index (κ1) is 25.5. The number of hydrogen-bond acceptors (Lipinski definition) is 6. The minimum Gasteiger partial charge on any atom is -0.355 e. The van der Waals surface area contributed by atoms with Gasteiger partial charge in [-0.25, -0.2) is 0 Å². The van der Waals surface area contributed by atoms with Crippen LogP contribution in [0.15, 0.2) is 51.5 Å². The molecule has 1 aliphatic heterocycles. The maximum absolute atomic E-state index is 12.6. The van der Waals surface area contributed by atoms with Gasteiger partial charge in [-0.05, 0) is 67.9 Å². The second-order valence-corrected chi connectivity index (χ2v) is 10.9. The largest absolute Gasteiger partial charge is 0.355 e. The number of halogens is 3. The van der Waals surface area contributed by atoms with Crippen LogP contribution in [0.4, 0.5) is 0 Å². The summed E-state index contributed by atoms with van der Waals surface area (Å²) in [5, 5.41) is 8.53. The molecule has 1 amide bonds. The van der Waals surface area contributed by atoms with Gasteiger partial charge in [0, 0.05) is 44.0 Å². The monoisotopic (exact) mass is 582 g/mol. The predicted molar refractivity (Wildman–Crippen MR) is 141 cm³/mol. The van der Waals surface area contributed by atoms with Gasteiger partial charge in [-0.1, -0.05) is 50.4 Å². The zero-order chi connectivity index (χ0) is 23.9. The van der Waals surface area contributed by atoms with E-state index in [-0.39, 0.29) is 11.8 Å². The van der Waals surface area contributed by atoms with Gasteiger partial charge in [0.05, 0.1) is 6.54 Å². The molecule has 0 unspecified atom stereocenters. The molecule has 2 aromatic carbocycles. The Labute approximate surface area is 221 Å². The van der Waals surface area contributed by atoms with Gasteiger partial charge in [-0.15, -0.1) is 0 Å². The standard InChI is InChI=1S/C24H25BrCl2N4O2S/c25-18-6-4-16(5-7-18)23-29-22(33-30-23)14-31-11-8-17(9-12-31)24(32)28-10-13-34-15-19-20(26)2-1-3-21(19)27/h1-7,17H,8-15H2,(H,28,32). The van der Waals surface area contributed by atoms with Crippen molar-refractivity contribution in [2.24, 2.45) is 5.92 Å². The molecule has 3 aromatic rings. The van der Waals surface area contributed by atoms with Crippen LogP contribution < -0.4 is 5.32 Å². The number of thioether (sulfide) groups is 1. The maximum Gasteiger partial charge on any atom is 0.241 e. The normalized spacial score (nSPS) is 14.9. The van der Waals surface area contributed by atoms with Crippen molar-refractivity contribution in [1.29, 1.82) is 0 Å². The van der Waals surface area contributed by atoms with E-state index in [2.05, 4.69) is 36.3 Å². The number of rotatable bonds is 9. The Balaban J connectivity index is 1.15. The summed E-state index contributed by atoms with van der Waals surface area (Å²) in [6, 6.07) is 13.3. The van der Waals surface area contributed by atoms with Gasteiger partial charge in [-0.3, -0.25) is 9.69 Å². The first-order valence-electron chi connectivity index (χ1n) is 11.1. The lowest BCUT2D eigenvalue weighted by Gasteiger charge is -2.30. The Morgan fingerprint density at radius 1 is 1.15 bits per heavy atom. The van der Waals surface area contributed by atoms with Crippen LogP contribution in [0.5, 0.6) is 0 Å². The molecule has 1 saturated heterocycles. The van der Waals surface area contributed by atoms with Crippen molar-refractivity contribution in [3.05, 3.63) is 68.4 Å². The van der Waals surface area contributed by atoms with Gasteiger partial charge in [0.2, 0.25) is 17.6 Å². The molecule has 4 rings (SSSR count). The number of hydrogen-bond donors (Lipinski definition) is 1. The van der Waals surface area contributed by atoms with Crippen LogP contribution in [0.3, 0.4) is 0 Å². The Hall–Kier alpha value is -1.58. The molecule has 1 aromatic heterocycles. The van der Waals surface area contributed by atoms with Gasteiger partial charge in [0.15, 0.2) is 0 Å². The summed E-state index contributed by atoms with van der Waals surface area (Å²) in [5.74, 6) is 2.89. The summed E-state index contributed by atoms with van der Waals surface area (Å²) in [6.45, 7) is 2.88. The van der Waals surface area contributed by atoms with Crippen molar-refractivity contribution < 1.29 is 9.32 Å². The minimum atomic E-state index is 0.0419. The van der Waals surface area contributed by atoms with Crippen LogP contribution in [0.1, 0.15) is 24.3 Å². The lowest BCUT2D eigenvalue weighted by molar-refractivity contribution is -0.126. The fraction of sp³-hybridized carbons (Fsp3) is 0.375. The number of carbonyl (C=O) groups is 1. The molecule has 1 fully saturated rings. The Bertz CT molecular complexity index is 1080. The van der Waals surface area contributed by atoms with Crippen molar-refractivity contribution in [3.63, 3.8) is 0 Å². The number of nitrogens with one attached hydrogen (secondary N) is 1. The molecule has 6 nitrogen and oxygen atoms in total. The smallest absolute Gasteiger partial charge is 0.241 e. The van der Waals surface area contributed by atoms with Crippen molar-refractivity contribution in [1.82, 2.24) is 20.4 Å². The average Bonchev–Trinajstić information content (AvgIpc) is 3.30. The van der Waals surface area contributed by atoms with Crippen molar-refractivity contribution in [3.8, 4) is 11.4 Å². The molecule has 1 N–H and O–H groups in total. The summed E-state index contributed by atoms with van der Waals surface area (Å²) in [6.07, 6.45) is 1.64. The van der Waals surface area contributed by atoms with E-state index in [1.807, 2.05) is 42.5 Å². The molecule has 1 aliphatic rings. The molecule has 34 heavy (non-hydrogen) atoms. The third kappa shape index (κ3) is 6.98. The second-order valence-electron chi connectivity index (χ2n) is 8.11. The lowest BCUT2D eigenvalue weighted by atomic mass is 9.96. The lowest BCUT2D eigenvalue weighted by Crippen LogP contribution is -2.40. The number of aromatic nitrogens is 2. The van der Waals surface area contributed by atoms with Gasteiger partial charge in [-0.2, -0.15) is 16.7 Å². The molecule has 2 heterocycles. The minimum absolute atomic E-state index is 0.0419. The van der Waals surface area contributed by atoms with Crippen LogP contribution in [-0.2, 0) is 17.1 Å². The highest BCUT2D eigenvalue weighted by Crippen LogP contribution is 2.28.